The predicted molar refractivity (Wildman–Crippen MR) is 103 cm³/mol. The third-order valence-corrected chi connectivity index (χ3v) is 5.47. The van der Waals surface area contributed by atoms with E-state index in [0.29, 0.717) is 23.0 Å². The van der Waals surface area contributed by atoms with E-state index in [4.69, 9.17) is 4.74 Å². The van der Waals surface area contributed by atoms with Gasteiger partial charge in [0, 0.05) is 11.6 Å². The molecule has 0 fully saturated rings. The van der Waals surface area contributed by atoms with E-state index < -0.39 is 5.60 Å². The Balaban J connectivity index is 2.01. The Morgan fingerprint density at radius 3 is 2.69 bits per heavy atom. The average molecular weight is 355 g/mol. The van der Waals surface area contributed by atoms with Gasteiger partial charge in [-0.15, -0.1) is 0 Å². The number of amides is 1. The number of nitrogens with one attached hydrogen (secondary N) is 1. The van der Waals surface area contributed by atoms with Crippen LogP contribution in [0, 0.1) is 11.8 Å². The molecule has 1 amide bonds. The summed E-state index contributed by atoms with van der Waals surface area (Å²) in [7, 11) is 0. The molecule has 2 unspecified atom stereocenters. The first kappa shape index (κ1) is 18.6. The highest BCUT2D eigenvalue weighted by Gasteiger charge is 2.40. The smallest absolute Gasteiger partial charge is 0.259 e. The molecule has 0 saturated heterocycles. The van der Waals surface area contributed by atoms with Gasteiger partial charge in [0.05, 0.1) is 11.3 Å². The number of carbonyl (C=O) groups excluding carboxylic acids is 1. The first-order valence-electron chi connectivity index (χ1n) is 9.32. The minimum atomic E-state index is -0.451. The monoisotopic (exact) mass is 355 g/mol. The fourth-order valence-corrected chi connectivity index (χ4v) is 4.09. The Labute approximate surface area is 156 Å². The second kappa shape index (κ2) is 6.49. The van der Waals surface area contributed by atoms with Crippen molar-refractivity contribution in [2.45, 2.75) is 60.0 Å². The highest BCUT2D eigenvalue weighted by atomic mass is 16.5. The van der Waals surface area contributed by atoms with Crippen LogP contribution in [-0.4, -0.2) is 16.6 Å². The van der Waals surface area contributed by atoms with Crippen molar-refractivity contribution in [3.63, 3.8) is 0 Å². The van der Waals surface area contributed by atoms with Crippen LogP contribution in [0.25, 0.3) is 0 Å². The summed E-state index contributed by atoms with van der Waals surface area (Å²) in [6.07, 6.45) is 7.66. The minimum Gasteiger partial charge on any atom is -0.512 e. The molecule has 4 nitrogen and oxygen atoms in total. The number of aliphatic hydroxyl groups is 1. The van der Waals surface area contributed by atoms with E-state index >= 15 is 0 Å². The zero-order valence-corrected chi connectivity index (χ0v) is 16.6. The molecule has 140 valence electrons. The fraction of sp³-hybridized carbons (Fsp3) is 0.500. The van der Waals surface area contributed by atoms with Crippen molar-refractivity contribution in [2.75, 3.05) is 0 Å². The van der Waals surface area contributed by atoms with Crippen LogP contribution < -0.4 is 5.32 Å². The summed E-state index contributed by atoms with van der Waals surface area (Å²) in [5, 5.41) is 12.9. The van der Waals surface area contributed by atoms with Crippen LogP contribution >= 0.6 is 0 Å². The van der Waals surface area contributed by atoms with E-state index in [1.54, 1.807) is 0 Å². The molecule has 26 heavy (non-hydrogen) atoms. The zero-order chi connectivity index (χ0) is 19.2. The normalized spacial score (nSPS) is 30.6. The van der Waals surface area contributed by atoms with E-state index in [1.807, 2.05) is 39.8 Å². The van der Waals surface area contributed by atoms with Crippen LogP contribution in [0.1, 0.15) is 54.4 Å². The molecule has 0 aromatic rings. The van der Waals surface area contributed by atoms with Crippen LogP contribution in [0.2, 0.25) is 0 Å². The van der Waals surface area contributed by atoms with Crippen LogP contribution in [0.15, 0.2) is 57.7 Å². The second-order valence-corrected chi connectivity index (χ2v) is 8.36. The average Bonchev–Trinajstić information content (AvgIpc) is 2.97. The zero-order valence-electron chi connectivity index (χ0n) is 16.6. The Morgan fingerprint density at radius 1 is 1.38 bits per heavy atom. The van der Waals surface area contributed by atoms with Crippen LogP contribution in [-0.2, 0) is 9.53 Å². The van der Waals surface area contributed by atoms with Crippen molar-refractivity contribution < 1.29 is 14.6 Å². The second-order valence-electron chi connectivity index (χ2n) is 8.36. The van der Waals surface area contributed by atoms with E-state index in [0.717, 1.165) is 29.7 Å². The maximum atomic E-state index is 12.6. The predicted octanol–water partition coefficient (Wildman–Crippen LogP) is 4.83. The lowest BCUT2D eigenvalue weighted by Crippen LogP contribution is -2.29. The lowest BCUT2D eigenvalue weighted by molar-refractivity contribution is -0.116. The summed E-state index contributed by atoms with van der Waals surface area (Å²) in [5.74, 6) is 1.51. The van der Waals surface area contributed by atoms with Gasteiger partial charge in [0.2, 0.25) is 0 Å². The number of hydrogen-bond acceptors (Lipinski definition) is 3. The van der Waals surface area contributed by atoms with Crippen molar-refractivity contribution in [2.24, 2.45) is 11.8 Å². The van der Waals surface area contributed by atoms with Gasteiger partial charge in [-0.25, -0.2) is 0 Å². The third kappa shape index (κ3) is 3.25. The van der Waals surface area contributed by atoms with Crippen LogP contribution in [0.5, 0.6) is 0 Å². The summed E-state index contributed by atoms with van der Waals surface area (Å²) in [4.78, 5) is 12.6. The van der Waals surface area contributed by atoms with E-state index in [2.05, 4.69) is 25.2 Å². The number of hydrogen-bond donors (Lipinski definition) is 2. The maximum absolute atomic E-state index is 12.6. The highest BCUT2D eigenvalue weighted by Crippen LogP contribution is 2.45. The van der Waals surface area contributed by atoms with E-state index in [9.17, 15) is 9.90 Å². The Bertz CT molecular complexity index is 801. The van der Waals surface area contributed by atoms with Gasteiger partial charge in [-0.1, -0.05) is 12.5 Å². The maximum Gasteiger partial charge on any atom is 0.259 e. The van der Waals surface area contributed by atoms with E-state index in [1.165, 1.54) is 5.57 Å². The van der Waals surface area contributed by atoms with E-state index in [-0.39, 0.29) is 11.8 Å². The topological polar surface area (TPSA) is 58.6 Å². The molecule has 1 aliphatic carbocycles. The van der Waals surface area contributed by atoms with Crippen molar-refractivity contribution in [3.05, 3.63) is 57.7 Å². The van der Waals surface area contributed by atoms with Gasteiger partial charge in [-0.05, 0) is 82.8 Å². The van der Waals surface area contributed by atoms with Crippen molar-refractivity contribution >= 4 is 5.91 Å². The minimum absolute atomic E-state index is 0.104. The quantitative estimate of drug-likeness (QED) is 0.697. The number of carbonyl (C=O) groups is 1. The van der Waals surface area contributed by atoms with Gasteiger partial charge < -0.3 is 15.2 Å². The van der Waals surface area contributed by atoms with Gasteiger partial charge in [0.25, 0.3) is 5.91 Å². The molecule has 0 aromatic carbocycles. The SMILES string of the molecule is CC(C)=CC1=C(C)/C(=C2/C=C(C3CC=C(O)C(C)C3)C(C)(C)O2)C(=O)N1. The number of ether oxygens (including phenoxy) is 1. The van der Waals surface area contributed by atoms with Gasteiger partial charge >= 0.3 is 0 Å². The molecule has 2 N–H and O–H groups in total. The van der Waals surface area contributed by atoms with Crippen molar-refractivity contribution in [1.82, 2.24) is 5.32 Å². The summed E-state index contributed by atoms with van der Waals surface area (Å²) in [6.45, 7) is 12.1. The molecular weight excluding hydrogens is 326 g/mol. The molecule has 2 heterocycles. The summed E-state index contributed by atoms with van der Waals surface area (Å²) in [5.41, 5.74) is 4.29. The molecule has 3 rings (SSSR count). The number of rotatable bonds is 2. The molecule has 0 radical (unpaired) electrons. The highest BCUT2D eigenvalue weighted by molar-refractivity contribution is 6.03. The lowest BCUT2D eigenvalue weighted by Gasteiger charge is -2.32. The largest absolute Gasteiger partial charge is 0.512 e. The molecule has 0 aromatic heterocycles. The van der Waals surface area contributed by atoms with Crippen LogP contribution in [0.4, 0.5) is 0 Å². The Morgan fingerprint density at radius 2 is 2.08 bits per heavy atom. The Kier molecular flexibility index (Phi) is 4.63. The summed E-state index contributed by atoms with van der Waals surface area (Å²) in [6, 6.07) is 0. The van der Waals surface area contributed by atoms with Crippen molar-refractivity contribution in [1.29, 1.82) is 0 Å². The number of aliphatic hydroxyl groups excluding tert-OH is 1. The summed E-state index contributed by atoms with van der Waals surface area (Å²) < 4.78 is 6.24. The molecule has 3 aliphatic rings. The van der Waals surface area contributed by atoms with Gasteiger partial charge in [-0.3, -0.25) is 4.79 Å². The fourth-order valence-electron chi connectivity index (χ4n) is 4.09. The first-order valence-corrected chi connectivity index (χ1v) is 9.32. The van der Waals surface area contributed by atoms with Crippen LogP contribution in [0.3, 0.4) is 0 Å². The van der Waals surface area contributed by atoms with Gasteiger partial charge in [0.1, 0.15) is 11.4 Å². The first-order chi connectivity index (χ1) is 12.1. The lowest BCUT2D eigenvalue weighted by atomic mass is 9.77. The standard InChI is InChI=1S/C22H29NO3/c1-12(2)9-17-14(4)20(21(25)23-17)19-11-16(22(5,6)26-19)15-7-8-18(24)13(3)10-15/h8-9,11,13,15,24H,7,10H2,1-6H3,(H,23,25)/b20-19+. The molecule has 4 heteroatoms. The molecule has 0 saturated carbocycles. The Hall–Kier alpha value is -2.23. The molecule has 2 atom stereocenters. The molecule has 0 bridgehead atoms. The summed E-state index contributed by atoms with van der Waals surface area (Å²) >= 11 is 0. The van der Waals surface area contributed by atoms with Gasteiger partial charge in [-0.2, -0.15) is 0 Å². The molecule has 0 spiro atoms. The molecule has 2 aliphatic heterocycles. The third-order valence-electron chi connectivity index (χ3n) is 5.47. The van der Waals surface area contributed by atoms with Gasteiger partial charge in [0.15, 0.2) is 0 Å². The van der Waals surface area contributed by atoms with Crippen molar-refractivity contribution in [3.8, 4) is 0 Å². The number of allylic oxidation sites excluding steroid dienone is 5. The molecular formula is C22H29NO3.